The summed E-state index contributed by atoms with van der Waals surface area (Å²) in [6.45, 7) is 6.01. The molecule has 5 rings (SSSR count). The van der Waals surface area contributed by atoms with E-state index in [4.69, 9.17) is 0 Å². The number of piperidine rings is 1. The number of benzene rings is 2. The Labute approximate surface area is 244 Å². The number of carbonyl (C=O) groups is 1. The number of alkyl halides is 3. The number of nitrogens with zero attached hydrogens (tertiary/aromatic N) is 3. The molecule has 2 aliphatic rings. The number of carboxylic acids is 1. The molecule has 2 aliphatic heterocycles. The summed E-state index contributed by atoms with van der Waals surface area (Å²) >= 11 is 0. The fourth-order valence-corrected chi connectivity index (χ4v) is 6.01. The summed E-state index contributed by atoms with van der Waals surface area (Å²) in [7, 11) is 0. The van der Waals surface area contributed by atoms with Crippen molar-refractivity contribution in [2.24, 2.45) is 5.92 Å². The zero-order valence-corrected chi connectivity index (χ0v) is 23.7. The van der Waals surface area contributed by atoms with Crippen molar-refractivity contribution in [1.29, 1.82) is 0 Å². The minimum Gasteiger partial charge on any atom is -0.481 e. The highest BCUT2D eigenvalue weighted by molar-refractivity contribution is 5.70. The smallest absolute Gasteiger partial charge is 0.481 e. The van der Waals surface area contributed by atoms with E-state index >= 15 is 0 Å². The molecule has 0 radical (unpaired) electrons. The lowest BCUT2D eigenvalue weighted by Gasteiger charge is -2.32. The Morgan fingerprint density at radius 1 is 1.05 bits per heavy atom. The standard InChI is InChI=1S/C32H37F3N4O3/c1-2-26-4-3-15-39(26)21-25-18-30(37-20-29(25)23-7-11-28(12-8-23)42-32(33,34)35)36-19-22-5-9-27(10-6-22)38-16-13-24(14-17-38)31(40)41/h5-12,18,20,24,26H,2-4,13-17,19,21H2,1H3,(H,36,37)(H,40,41)/t26-/m1/s1. The summed E-state index contributed by atoms with van der Waals surface area (Å²) in [4.78, 5) is 20.6. The maximum Gasteiger partial charge on any atom is 0.573 e. The van der Waals surface area contributed by atoms with Gasteiger partial charge in [-0.05, 0) is 85.7 Å². The summed E-state index contributed by atoms with van der Waals surface area (Å²) in [5.74, 6) is -0.479. The predicted molar refractivity (Wildman–Crippen MR) is 156 cm³/mol. The molecule has 0 aliphatic carbocycles. The first-order valence-corrected chi connectivity index (χ1v) is 14.6. The number of aliphatic carboxylic acids is 1. The molecule has 3 aromatic rings. The third-order valence-electron chi connectivity index (χ3n) is 8.35. The molecule has 7 nitrogen and oxygen atoms in total. The van der Waals surface area contributed by atoms with E-state index in [9.17, 15) is 23.1 Å². The molecule has 0 amide bonds. The van der Waals surface area contributed by atoms with Gasteiger partial charge in [0.15, 0.2) is 0 Å². The van der Waals surface area contributed by atoms with Gasteiger partial charge in [-0.25, -0.2) is 4.98 Å². The maximum absolute atomic E-state index is 12.6. The molecule has 0 unspecified atom stereocenters. The van der Waals surface area contributed by atoms with Gasteiger partial charge in [0.2, 0.25) is 0 Å². The molecule has 0 spiro atoms. The monoisotopic (exact) mass is 582 g/mol. The molecule has 10 heteroatoms. The SMILES string of the molecule is CC[C@@H]1CCCN1Cc1cc(NCc2ccc(N3CCC(C(=O)O)CC3)cc2)ncc1-c1ccc(OC(F)(F)F)cc1. The third kappa shape index (κ3) is 7.53. The summed E-state index contributed by atoms with van der Waals surface area (Å²) in [5, 5.41) is 12.7. The molecule has 0 bridgehead atoms. The minimum absolute atomic E-state index is 0.250. The van der Waals surface area contributed by atoms with E-state index in [2.05, 4.69) is 56.0 Å². The van der Waals surface area contributed by atoms with E-state index in [0.717, 1.165) is 72.8 Å². The highest BCUT2D eigenvalue weighted by Gasteiger charge is 2.31. The highest BCUT2D eigenvalue weighted by atomic mass is 19.4. The molecule has 224 valence electrons. The van der Waals surface area contributed by atoms with Crippen LogP contribution < -0.4 is 15.0 Å². The molecule has 0 saturated carbocycles. The lowest BCUT2D eigenvalue weighted by molar-refractivity contribution is -0.274. The number of pyridine rings is 1. The van der Waals surface area contributed by atoms with E-state index in [1.807, 2.05) is 6.07 Å². The van der Waals surface area contributed by atoms with Crippen LogP contribution in [-0.2, 0) is 17.9 Å². The van der Waals surface area contributed by atoms with Crippen molar-refractivity contribution in [1.82, 2.24) is 9.88 Å². The first-order valence-electron chi connectivity index (χ1n) is 14.6. The maximum atomic E-state index is 12.6. The molecule has 2 fully saturated rings. The van der Waals surface area contributed by atoms with Gasteiger partial charge < -0.3 is 20.1 Å². The van der Waals surface area contributed by atoms with Gasteiger partial charge in [0.05, 0.1) is 5.92 Å². The number of likely N-dealkylation sites (tertiary alicyclic amines) is 1. The average Bonchev–Trinajstić information content (AvgIpc) is 3.43. The van der Waals surface area contributed by atoms with E-state index in [-0.39, 0.29) is 11.7 Å². The Hall–Kier alpha value is -3.79. The summed E-state index contributed by atoms with van der Waals surface area (Å²) in [6, 6.07) is 16.8. The molecule has 42 heavy (non-hydrogen) atoms. The van der Waals surface area contributed by atoms with E-state index in [1.54, 1.807) is 18.3 Å². The number of hydrogen-bond acceptors (Lipinski definition) is 6. The van der Waals surface area contributed by atoms with Crippen LogP contribution in [0.5, 0.6) is 5.75 Å². The van der Waals surface area contributed by atoms with Crippen molar-refractivity contribution < 1.29 is 27.8 Å². The zero-order valence-electron chi connectivity index (χ0n) is 23.7. The Kier molecular flexibility index (Phi) is 9.21. The van der Waals surface area contributed by atoms with Gasteiger partial charge in [0, 0.05) is 49.7 Å². The van der Waals surface area contributed by atoms with Crippen molar-refractivity contribution in [3.8, 4) is 16.9 Å². The Bertz CT molecular complexity index is 1340. The van der Waals surface area contributed by atoms with Crippen molar-refractivity contribution in [2.45, 2.75) is 64.5 Å². The van der Waals surface area contributed by atoms with Crippen molar-refractivity contribution in [2.75, 3.05) is 29.9 Å². The highest BCUT2D eigenvalue weighted by Crippen LogP contribution is 2.32. The number of halogens is 3. The molecule has 2 aromatic carbocycles. The van der Waals surface area contributed by atoms with E-state index < -0.39 is 12.3 Å². The average molecular weight is 583 g/mol. The van der Waals surface area contributed by atoms with Crippen LogP contribution >= 0.6 is 0 Å². The number of anilines is 2. The number of ether oxygens (including phenoxy) is 1. The Morgan fingerprint density at radius 3 is 2.40 bits per heavy atom. The molecule has 2 saturated heterocycles. The van der Waals surface area contributed by atoms with Gasteiger partial charge >= 0.3 is 12.3 Å². The third-order valence-corrected chi connectivity index (χ3v) is 8.35. The largest absolute Gasteiger partial charge is 0.573 e. The van der Waals surface area contributed by atoms with Gasteiger partial charge in [-0.1, -0.05) is 31.2 Å². The predicted octanol–water partition coefficient (Wildman–Crippen LogP) is 6.93. The topological polar surface area (TPSA) is 77.9 Å². The zero-order chi connectivity index (χ0) is 29.7. The van der Waals surface area contributed by atoms with Crippen molar-refractivity contribution >= 4 is 17.5 Å². The first-order chi connectivity index (χ1) is 20.2. The molecule has 1 atom stereocenters. The lowest BCUT2D eigenvalue weighted by Crippen LogP contribution is -2.36. The van der Waals surface area contributed by atoms with Crippen LogP contribution in [-0.4, -0.2) is 53.0 Å². The second-order valence-corrected chi connectivity index (χ2v) is 11.1. The van der Waals surface area contributed by atoms with Gasteiger partial charge in [-0.15, -0.1) is 13.2 Å². The fraction of sp³-hybridized carbons (Fsp3) is 0.438. The summed E-state index contributed by atoms with van der Waals surface area (Å²) in [6.07, 6.45) is 1.77. The fourth-order valence-electron chi connectivity index (χ4n) is 6.01. The normalized spacial score (nSPS) is 18.3. The van der Waals surface area contributed by atoms with Crippen LogP contribution in [0.4, 0.5) is 24.7 Å². The van der Waals surface area contributed by atoms with Crippen LogP contribution in [0.15, 0.2) is 60.8 Å². The minimum atomic E-state index is -4.73. The second kappa shape index (κ2) is 13.0. The molecule has 2 N–H and O–H groups in total. The van der Waals surface area contributed by atoms with Crippen LogP contribution in [0.25, 0.3) is 11.1 Å². The van der Waals surface area contributed by atoms with Gasteiger partial charge in [-0.2, -0.15) is 0 Å². The van der Waals surface area contributed by atoms with E-state index in [0.29, 0.717) is 25.4 Å². The molecule has 1 aromatic heterocycles. The van der Waals surface area contributed by atoms with Crippen molar-refractivity contribution in [3.05, 3.63) is 71.9 Å². The van der Waals surface area contributed by atoms with Gasteiger partial charge in [0.1, 0.15) is 11.6 Å². The number of carboxylic acid groups (broad SMARTS) is 1. The van der Waals surface area contributed by atoms with Crippen LogP contribution in [0.1, 0.15) is 50.2 Å². The van der Waals surface area contributed by atoms with Crippen LogP contribution in [0, 0.1) is 5.92 Å². The Morgan fingerprint density at radius 2 is 1.76 bits per heavy atom. The lowest BCUT2D eigenvalue weighted by atomic mass is 9.96. The van der Waals surface area contributed by atoms with Gasteiger partial charge in [-0.3, -0.25) is 9.69 Å². The van der Waals surface area contributed by atoms with E-state index in [1.165, 1.54) is 18.6 Å². The summed E-state index contributed by atoms with van der Waals surface area (Å²) < 4.78 is 42.0. The Balaban J connectivity index is 1.28. The van der Waals surface area contributed by atoms with Crippen LogP contribution in [0.2, 0.25) is 0 Å². The number of nitrogens with one attached hydrogen (secondary N) is 1. The number of aromatic nitrogens is 1. The number of hydrogen-bond donors (Lipinski definition) is 2. The molecule has 3 heterocycles. The molecular weight excluding hydrogens is 545 g/mol. The second-order valence-electron chi connectivity index (χ2n) is 11.1. The van der Waals surface area contributed by atoms with Gasteiger partial charge in [0.25, 0.3) is 0 Å². The number of rotatable bonds is 10. The quantitative estimate of drug-likeness (QED) is 0.268. The van der Waals surface area contributed by atoms with Crippen LogP contribution in [0.3, 0.4) is 0 Å². The van der Waals surface area contributed by atoms with Crippen molar-refractivity contribution in [3.63, 3.8) is 0 Å². The first kappa shape index (κ1) is 29.7. The molecular formula is C32H37F3N4O3. The summed E-state index contributed by atoms with van der Waals surface area (Å²) in [5.41, 5.74) is 4.93.